The fraction of sp³-hybridized carbons (Fsp3) is 0.571. The SMILES string of the molecule is CCc1ccc(C(O)C(C)(CC)OC)cc1. The highest BCUT2D eigenvalue weighted by molar-refractivity contribution is 5.25. The highest BCUT2D eigenvalue weighted by Crippen LogP contribution is 2.31. The maximum Gasteiger partial charge on any atom is 0.108 e. The van der Waals surface area contributed by atoms with E-state index < -0.39 is 11.7 Å². The molecule has 0 bridgehead atoms. The Bertz CT molecular complexity index is 312. The predicted octanol–water partition coefficient (Wildman–Crippen LogP) is 3.10. The zero-order chi connectivity index (χ0) is 12.2. The second kappa shape index (κ2) is 5.46. The molecule has 90 valence electrons. The van der Waals surface area contributed by atoms with Gasteiger partial charge >= 0.3 is 0 Å². The summed E-state index contributed by atoms with van der Waals surface area (Å²) in [6, 6.07) is 8.08. The lowest BCUT2D eigenvalue weighted by Crippen LogP contribution is -2.34. The van der Waals surface area contributed by atoms with E-state index in [0.717, 1.165) is 18.4 Å². The molecule has 2 nitrogen and oxygen atoms in total. The molecule has 2 atom stereocenters. The summed E-state index contributed by atoms with van der Waals surface area (Å²) >= 11 is 0. The minimum Gasteiger partial charge on any atom is -0.385 e. The van der Waals surface area contributed by atoms with Crippen LogP contribution in [0.15, 0.2) is 24.3 Å². The molecule has 1 aromatic carbocycles. The van der Waals surface area contributed by atoms with Gasteiger partial charge in [-0.15, -0.1) is 0 Å². The van der Waals surface area contributed by atoms with Crippen LogP contribution in [0.1, 0.15) is 44.4 Å². The highest BCUT2D eigenvalue weighted by Gasteiger charge is 2.32. The third-order valence-electron chi connectivity index (χ3n) is 3.45. The van der Waals surface area contributed by atoms with Gasteiger partial charge in [-0.25, -0.2) is 0 Å². The van der Waals surface area contributed by atoms with Crippen molar-refractivity contribution in [3.8, 4) is 0 Å². The molecule has 1 aromatic rings. The van der Waals surface area contributed by atoms with E-state index >= 15 is 0 Å². The number of aliphatic hydroxyl groups is 1. The Morgan fingerprint density at radius 3 is 2.19 bits per heavy atom. The van der Waals surface area contributed by atoms with Crippen molar-refractivity contribution < 1.29 is 9.84 Å². The van der Waals surface area contributed by atoms with Gasteiger partial charge in [-0.05, 0) is 30.9 Å². The molecule has 2 unspecified atom stereocenters. The van der Waals surface area contributed by atoms with Crippen LogP contribution >= 0.6 is 0 Å². The molecular formula is C14H22O2. The van der Waals surface area contributed by atoms with Gasteiger partial charge in [0.05, 0.1) is 5.60 Å². The van der Waals surface area contributed by atoms with Gasteiger partial charge in [0.15, 0.2) is 0 Å². The first kappa shape index (κ1) is 13.2. The Hall–Kier alpha value is -0.860. The number of benzene rings is 1. The van der Waals surface area contributed by atoms with Gasteiger partial charge in [-0.3, -0.25) is 0 Å². The number of hydrogen-bond donors (Lipinski definition) is 1. The summed E-state index contributed by atoms with van der Waals surface area (Å²) in [6.07, 6.45) is 1.22. The van der Waals surface area contributed by atoms with Gasteiger partial charge in [0.25, 0.3) is 0 Å². The number of aryl methyl sites for hydroxylation is 1. The van der Waals surface area contributed by atoms with E-state index in [2.05, 4.69) is 19.1 Å². The quantitative estimate of drug-likeness (QED) is 0.829. The van der Waals surface area contributed by atoms with Crippen molar-refractivity contribution in [3.05, 3.63) is 35.4 Å². The van der Waals surface area contributed by atoms with E-state index in [1.807, 2.05) is 26.0 Å². The van der Waals surface area contributed by atoms with Gasteiger partial charge in [0, 0.05) is 7.11 Å². The Labute approximate surface area is 98.3 Å². The second-order valence-electron chi connectivity index (χ2n) is 4.37. The number of rotatable bonds is 5. The third kappa shape index (κ3) is 2.63. The molecular weight excluding hydrogens is 200 g/mol. The molecule has 0 spiro atoms. The summed E-state index contributed by atoms with van der Waals surface area (Å²) in [7, 11) is 1.65. The summed E-state index contributed by atoms with van der Waals surface area (Å²) in [4.78, 5) is 0. The van der Waals surface area contributed by atoms with Crippen molar-refractivity contribution >= 4 is 0 Å². The van der Waals surface area contributed by atoms with E-state index in [0.29, 0.717) is 0 Å². The van der Waals surface area contributed by atoms with E-state index in [-0.39, 0.29) is 0 Å². The first-order chi connectivity index (χ1) is 7.57. The minimum atomic E-state index is -0.576. The number of aliphatic hydroxyl groups excluding tert-OH is 1. The van der Waals surface area contributed by atoms with Crippen molar-refractivity contribution in [1.82, 2.24) is 0 Å². The van der Waals surface area contributed by atoms with E-state index in [1.54, 1.807) is 7.11 Å². The van der Waals surface area contributed by atoms with E-state index in [1.165, 1.54) is 5.56 Å². The molecule has 0 saturated carbocycles. The Morgan fingerprint density at radius 2 is 1.81 bits per heavy atom. The monoisotopic (exact) mass is 222 g/mol. The number of ether oxygens (including phenoxy) is 1. The maximum absolute atomic E-state index is 10.3. The van der Waals surface area contributed by atoms with Crippen LogP contribution in [0.4, 0.5) is 0 Å². The molecule has 0 radical (unpaired) electrons. The van der Waals surface area contributed by atoms with Crippen molar-refractivity contribution in [2.75, 3.05) is 7.11 Å². The van der Waals surface area contributed by atoms with Gasteiger partial charge in [0.2, 0.25) is 0 Å². The van der Waals surface area contributed by atoms with Crippen molar-refractivity contribution in [3.63, 3.8) is 0 Å². The smallest absolute Gasteiger partial charge is 0.108 e. The Balaban J connectivity index is 2.90. The molecule has 1 N–H and O–H groups in total. The summed E-state index contributed by atoms with van der Waals surface area (Å²) < 4.78 is 5.41. The molecule has 2 heteroatoms. The van der Waals surface area contributed by atoms with Crippen LogP contribution in [0.2, 0.25) is 0 Å². The first-order valence-electron chi connectivity index (χ1n) is 5.89. The minimum absolute atomic E-state index is 0.506. The summed E-state index contributed by atoms with van der Waals surface area (Å²) in [5.41, 5.74) is 1.70. The third-order valence-corrected chi connectivity index (χ3v) is 3.45. The molecule has 0 aliphatic carbocycles. The average molecular weight is 222 g/mol. The standard InChI is InChI=1S/C14H22O2/c1-5-11-7-9-12(10-8-11)13(15)14(3,6-2)16-4/h7-10,13,15H,5-6H2,1-4H3. The summed E-state index contributed by atoms with van der Waals surface area (Å²) in [6.45, 7) is 6.08. The average Bonchev–Trinajstić information content (AvgIpc) is 2.37. The first-order valence-corrected chi connectivity index (χ1v) is 5.89. The normalized spacial score (nSPS) is 16.8. The molecule has 0 aliphatic heterocycles. The van der Waals surface area contributed by atoms with Crippen LogP contribution in [-0.2, 0) is 11.2 Å². The van der Waals surface area contributed by atoms with E-state index in [4.69, 9.17) is 4.74 Å². The fourth-order valence-electron chi connectivity index (χ4n) is 1.74. The summed E-state index contributed by atoms with van der Waals surface area (Å²) in [5, 5.41) is 10.3. The van der Waals surface area contributed by atoms with Gasteiger partial charge in [-0.2, -0.15) is 0 Å². The van der Waals surface area contributed by atoms with Crippen LogP contribution in [0.3, 0.4) is 0 Å². The number of hydrogen-bond acceptors (Lipinski definition) is 2. The molecule has 0 aromatic heterocycles. The van der Waals surface area contributed by atoms with Crippen LogP contribution in [0.25, 0.3) is 0 Å². The number of methoxy groups -OCH3 is 1. The van der Waals surface area contributed by atoms with Crippen LogP contribution < -0.4 is 0 Å². The van der Waals surface area contributed by atoms with Crippen LogP contribution in [-0.4, -0.2) is 17.8 Å². The molecule has 1 rings (SSSR count). The highest BCUT2D eigenvalue weighted by atomic mass is 16.5. The van der Waals surface area contributed by atoms with E-state index in [9.17, 15) is 5.11 Å². The molecule has 0 heterocycles. The topological polar surface area (TPSA) is 29.5 Å². The van der Waals surface area contributed by atoms with Crippen molar-refractivity contribution in [1.29, 1.82) is 0 Å². The molecule has 0 saturated heterocycles. The van der Waals surface area contributed by atoms with Crippen LogP contribution in [0.5, 0.6) is 0 Å². The second-order valence-corrected chi connectivity index (χ2v) is 4.37. The van der Waals surface area contributed by atoms with Gasteiger partial charge < -0.3 is 9.84 Å². The van der Waals surface area contributed by atoms with Gasteiger partial charge in [-0.1, -0.05) is 38.1 Å². The molecule has 0 amide bonds. The Morgan fingerprint density at radius 1 is 1.25 bits per heavy atom. The zero-order valence-electron chi connectivity index (χ0n) is 10.7. The fourth-order valence-corrected chi connectivity index (χ4v) is 1.74. The molecule has 16 heavy (non-hydrogen) atoms. The lowest BCUT2D eigenvalue weighted by Gasteiger charge is -2.32. The molecule has 0 fully saturated rings. The van der Waals surface area contributed by atoms with Crippen LogP contribution in [0, 0.1) is 0 Å². The maximum atomic E-state index is 10.3. The Kier molecular flexibility index (Phi) is 4.51. The van der Waals surface area contributed by atoms with Crippen molar-refractivity contribution in [2.24, 2.45) is 0 Å². The predicted molar refractivity (Wildman–Crippen MR) is 66.5 cm³/mol. The van der Waals surface area contributed by atoms with Gasteiger partial charge in [0.1, 0.15) is 6.10 Å². The lowest BCUT2D eigenvalue weighted by molar-refractivity contribution is -0.0944. The lowest BCUT2D eigenvalue weighted by atomic mass is 9.90. The zero-order valence-corrected chi connectivity index (χ0v) is 10.7. The summed E-state index contributed by atoms with van der Waals surface area (Å²) in [5.74, 6) is 0. The largest absolute Gasteiger partial charge is 0.385 e. The van der Waals surface area contributed by atoms with Crippen molar-refractivity contribution in [2.45, 2.75) is 45.3 Å². The molecule has 0 aliphatic rings.